The summed E-state index contributed by atoms with van der Waals surface area (Å²) in [5, 5.41) is 0. The summed E-state index contributed by atoms with van der Waals surface area (Å²) in [5.41, 5.74) is 2.10. The summed E-state index contributed by atoms with van der Waals surface area (Å²) in [4.78, 5) is -0.00949. The zero-order valence-electron chi connectivity index (χ0n) is 12.0. The monoisotopic (exact) mass is 414 g/mol. The average molecular weight is 416 g/mol. The molecule has 0 saturated heterocycles. The normalized spacial score (nSPS) is 11.9. The van der Waals surface area contributed by atoms with Crippen molar-refractivity contribution < 1.29 is 14.2 Å². The quantitative estimate of drug-likeness (QED) is 0.646. The highest BCUT2D eigenvalue weighted by atomic mass is 79.9. The molecule has 0 N–H and O–H groups in total. The minimum atomic E-state index is -0.00949. The SMILES string of the molecule is COc1ccc(C(Br)c2cc(Br)ccc2OC)cc1OC. The van der Waals surface area contributed by atoms with Crippen molar-refractivity contribution in [1.82, 2.24) is 0 Å². The van der Waals surface area contributed by atoms with Gasteiger partial charge >= 0.3 is 0 Å². The maximum atomic E-state index is 5.44. The number of benzene rings is 2. The Morgan fingerprint density at radius 3 is 2.05 bits per heavy atom. The third-order valence-corrected chi connectivity index (χ3v) is 4.68. The molecule has 0 spiro atoms. The number of halogens is 2. The fourth-order valence-corrected chi connectivity index (χ4v) is 3.11. The maximum Gasteiger partial charge on any atom is 0.161 e. The first-order valence-electron chi connectivity index (χ1n) is 6.30. The number of ether oxygens (including phenoxy) is 3. The molecule has 2 aromatic carbocycles. The molecule has 2 aromatic rings. The lowest BCUT2D eigenvalue weighted by Crippen LogP contribution is -1.99. The molecule has 0 aromatic heterocycles. The van der Waals surface area contributed by atoms with Crippen molar-refractivity contribution in [1.29, 1.82) is 0 Å². The van der Waals surface area contributed by atoms with E-state index >= 15 is 0 Å². The first-order chi connectivity index (χ1) is 10.1. The van der Waals surface area contributed by atoms with Gasteiger partial charge in [-0.3, -0.25) is 0 Å². The average Bonchev–Trinajstić information content (AvgIpc) is 2.53. The lowest BCUT2D eigenvalue weighted by molar-refractivity contribution is 0.354. The van der Waals surface area contributed by atoms with Crippen LogP contribution >= 0.6 is 31.9 Å². The standard InChI is InChI=1S/C16H16Br2O3/c1-19-13-7-5-11(17)9-12(13)16(18)10-4-6-14(20-2)15(8-10)21-3/h4-9,16H,1-3H3. The highest BCUT2D eigenvalue weighted by Gasteiger charge is 2.17. The third kappa shape index (κ3) is 3.52. The Morgan fingerprint density at radius 2 is 1.43 bits per heavy atom. The largest absolute Gasteiger partial charge is 0.496 e. The molecule has 112 valence electrons. The van der Waals surface area contributed by atoms with Gasteiger partial charge in [-0.1, -0.05) is 37.9 Å². The Kier molecular flexibility index (Phi) is 5.53. The molecule has 0 heterocycles. The van der Waals surface area contributed by atoms with E-state index in [1.165, 1.54) is 0 Å². The molecule has 0 aliphatic heterocycles. The van der Waals surface area contributed by atoms with Crippen LogP contribution in [0.15, 0.2) is 40.9 Å². The van der Waals surface area contributed by atoms with Gasteiger partial charge in [0, 0.05) is 10.0 Å². The second kappa shape index (κ2) is 7.18. The Labute approximate surface area is 141 Å². The van der Waals surface area contributed by atoms with Crippen LogP contribution < -0.4 is 14.2 Å². The summed E-state index contributed by atoms with van der Waals surface area (Å²) >= 11 is 7.23. The Morgan fingerprint density at radius 1 is 0.810 bits per heavy atom. The molecule has 2 rings (SSSR count). The second-order valence-corrected chi connectivity index (χ2v) is 6.19. The van der Waals surface area contributed by atoms with Crippen LogP contribution in [-0.2, 0) is 0 Å². The van der Waals surface area contributed by atoms with Gasteiger partial charge in [-0.15, -0.1) is 0 Å². The molecule has 21 heavy (non-hydrogen) atoms. The molecule has 3 nitrogen and oxygen atoms in total. The van der Waals surface area contributed by atoms with E-state index in [1.54, 1.807) is 21.3 Å². The number of hydrogen-bond donors (Lipinski definition) is 0. The smallest absolute Gasteiger partial charge is 0.161 e. The lowest BCUT2D eigenvalue weighted by Gasteiger charge is -2.17. The van der Waals surface area contributed by atoms with E-state index in [9.17, 15) is 0 Å². The molecule has 1 unspecified atom stereocenters. The van der Waals surface area contributed by atoms with Crippen LogP contribution in [0.4, 0.5) is 0 Å². The number of rotatable bonds is 5. The molecule has 5 heteroatoms. The van der Waals surface area contributed by atoms with E-state index in [-0.39, 0.29) is 4.83 Å². The first-order valence-corrected chi connectivity index (χ1v) is 8.01. The molecule has 0 aliphatic rings. The van der Waals surface area contributed by atoms with Gasteiger partial charge in [0.25, 0.3) is 0 Å². The van der Waals surface area contributed by atoms with Gasteiger partial charge in [0.1, 0.15) is 5.75 Å². The van der Waals surface area contributed by atoms with Crippen molar-refractivity contribution in [2.45, 2.75) is 4.83 Å². The lowest BCUT2D eigenvalue weighted by atomic mass is 10.0. The van der Waals surface area contributed by atoms with Gasteiger partial charge < -0.3 is 14.2 Å². The predicted molar refractivity (Wildman–Crippen MR) is 91.0 cm³/mol. The summed E-state index contributed by atoms with van der Waals surface area (Å²) in [5.74, 6) is 2.24. The van der Waals surface area contributed by atoms with Gasteiger partial charge in [0.05, 0.1) is 26.2 Å². The van der Waals surface area contributed by atoms with Crippen LogP contribution in [0, 0.1) is 0 Å². The number of methoxy groups -OCH3 is 3. The summed E-state index contributed by atoms with van der Waals surface area (Å²) < 4.78 is 17.1. The molecule has 1 atom stereocenters. The Bertz CT molecular complexity index is 629. The summed E-state index contributed by atoms with van der Waals surface area (Å²) in [6, 6.07) is 11.8. The van der Waals surface area contributed by atoms with Crippen molar-refractivity contribution in [3.63, 3.8) is 0 Å². The zero-order chi connectivity index (χ0) is 15.4. The Hall–Kier alpha value is -1.20. The summed E-state index contributed by atoms with van der Waals surface area (Å²) in [6.07, 6.45) is 0. The van der Waals surface area contributed by atoms with E-state index in [1.807, 2.05) is 36.4 Å². The van der Waals surface area contributed by atoms with Crippen molar-refractivity contribution in [2.24, 2.45) is 0 Å². The van der Waals surface area contributed by atoms with E-state index in [2.05, 4.69) is 31.9 Å². The molecule has 0 saturated carbocycles. The van der Waals surface area contributed by atoms with E-state index in [4.69, 9.17) is 14.2 Å². The van der Waals surface area contributed by atoms with Gasteiger partial charge in [0.15, 0.2) is 11.5 Å². The summed E-state index contributed by atoms with van der Waals surface area (Å²) in [6.45, 7) is 0. The molecule has 0 fully saturated rings. The van der Waals surface area contributed by atoms with Crippen LogP contribution in [0.2, 0.25) is 0 Å². The predicted octanol–water partition coefficient (Wildman–Crippen LogP) is 4.96. The molecular formula is C16H16Br2O3. The van der Waals surface area contributed by atoms with Crippen LogP contribution in [0.5, 0.6) is 17.2 Å². The van der Waals surface area contributed by atoms with Crippen molar-refractivity contribution in [2.75, 3.05) is 21.3 Å². The van der Waals surface area contributed by atoms with E-state index in [0.29, 0.717) is 11.5 Å². The topological polar surface area (TPSA) is 27.7 Å². The van der Waals surface area contributed by atoms with Crippen molar-refractivity contribution in [3.8, 4) is 17.2 Å². The fourth-order valence-electron chi connectivity index (χ4n) is 2.09. The highest BCUT2D eigenvalue weighted by Crippen LogP contribution is 2.40. The van der Waals surface area contributed by atoms with Crippen LogP contribution in [0.25, 0.3) is 0 Å². The second-order valence-electron chi connectivity index (χ2n) is 4.36. The minimum Gasteiger partial charge on any atom is -0.496 e. The molecule has 0 bridgehead atoms. The van der Waals surface area contributed by atoms with E-state index < -0.39 is 0 Å². The Balaban J connectivity index is 2.44. The van der Waals surface area contributed by atoms with Gasteiger partial charge in [-0.2, -0.15) is 0 Å². The highest BCUT2D eigenvalue weighted by molar-refractivity contribution is 9.10. The number of alkyl halides is 1. The minimum absolute atomic E-state index is 0.00949. The number of hydrogen-bond acceptors (Lipinski definition) is 3. The van der Waals surface area contributed by atoms with Gasteiger partial charge in [-0.05, 0) is 35.9 Å². The third-order valence-electron chi connectivity index (χ3n) is 3.17. The molecule has 0 amide bonds. The van der Waals surface area contributed by atoms with Gasteiger partial charge in [0.2, 0.25) is 0 Å². The fraction of sp³-hybridized carbons (Fsp3) is 0.250. The molecule has 0 aliphatic carbocycles. The van der Waals surface area contributed by atoms with E-state index in [0.717, 1.165) is 21.3 Å². The van der Waals surface area contributed by atoms with Crippen LogP contribution in [0.3, 0.4) is 0 Å². The molecular weight excluding hydrogens is 400 g/mol. The zero-order valence-corrected chi connectivity index (χ0v) is 15.2. The first kappa shape index (κ1) is 16.2. The van der Waals surface area contributed by atoms with Crippen molar-refractivity contribution >= 4 is 31.9 Å². The van der Waals surface area contributed by atoms with Crippen LogP contribution in [0.1, 0.15) is 16.0 Å². The molecule has 0 radical (unpaired) electrons. The van der Waals surface area contributed by atoms with Crippen LogP contribution in [-0.4, -0.2) is 21.3 Å². The summed E-state index contributed by atoms with van der Waals surface area (Å²) in [7, 11) is 4.92. The van der Waals surface area contributed by atoms with Gasteiger partial charge in [-0.25, -0.2) is 0 Å². The van der Waals surface area contributed by atoms with Crippen molar-refractivity contribution in [3.05, 3.63) is 52.0 Å². The maximum absolute atomic E-state index is 5.44.